The van der Waals surface area contributed by atoms with E-state index in [1.165, 1.54) is 16.7 Å². The smallest absolute Gasteiger partial charge is 0.0298 e. The minimum Gasteiger partial charge on any atom is -0.324 e. The standard InChI is InChI=1S/C19H25N/c1-15(2)14-17-8-11-18(12-9-17)19(20)13-10-16-6-4-3-5-7-16/h3-9,11-12,15,19H,10,13-14,20H2,1-2H3. The van der Waals surface area contributed by atoms with Gasteiger partial charge in [0.15, 0.2) is 0 Å². The van der Waals surface area contributed by atoms with Crippen molar-refractivity contribution in [3.8, 4) is 0 Å². The monoisotopic (exact) mass is 267 g/mol. The fourth-order valence-corrected chi connectivity index (χ4v) is 2.51. The number of hydrogen-bond acceptors (Lipinski definition) is 1. The molecule has 0 spiro atoms. The van der Waals surface area contributed by atoms with Crippen molar-refractivity contribution < 1.29 is 0 Å². The molecule has 106 valence electrons. The second-order valence-electron chi connectivity index (χ2n) is 5.97. The highest BCUT2D eigenvalue weighted by Gasteiger charge is 2.06. The van der Waals surface area contributed by atoms with E-state index >= 15 is 0 Å². The Balaban J connectivity index is 1.90. The van der Waals surface area contributed by atoms with Gasteiger partial charge in [0.2, 0.25) is 0 Å². The van der Waals surface area contributed by atoms with Gasteiger partial charge in [0.05, 0.1) is 0 Å². The molecule has 1 unspecified atom stereocenters. The van der Waals surface area contributed by atoms with Crippen LogP contribution in [0.3, 0.4) is 0 Å². The number of rotatable bonds is 6. The second-order valence-corrected chi connectivity index (χ2v) is 5.97. The fraction of sp³-hybridized carbons (Fsp3) is 0.368. The summed E-state index contributed by atoms with van der Waals surface area (Å²) in [6.45, 7) is 4.50. The average Bonchev–Trinajstić information content (AvgIpc) is 2.46. The van der Waals surface area contributed by atoms with Gasteiger partial charge in [-0.05, 0) is 41.9 Å². The topological polar surface area (TPSA) is 26.0 Å². The van der Waals surface area contributed by atoms with Crippen LogP contribution in [0.1, 0.15) is 43.0 Å². The number of hydrogen-bond donors (Lipinski definition) is 1. The molecule has 0 saturated heterocycles. The lowest BCUT2D eigenvalue weighted by Crippen LogP contribution is -2.11. The zero-order valence-corrected chi connectivity index (χ0v) is 12.5. The lowest BCUT2D eigenvalue weighted by atomic mass is 9.96. The third kappa shape index (κ3) is 4.50. The van der Waals surface area contributed by atoms with Crippen molar-refractivity contribution in [1.82, 2.24) is 0 Å². The molecule has 0 amide bonds. The van der Waals surface area contributed by atoms with Gasteiger partial charge in [-0.3, -0.25) is 0 Å². The minimum absolute atomic E-state index is 0.128. The summed E-state index contributed by atoms with van der Waals surface area (Å²) in [6, 6.07) is 19.5. The SMILES string of the molecule is CC(C)Cc1ccc(C(N)CCc2ccccc2)cc1. The predicted octanol–water partition coefficient (Wildman–Crippen LogP) is 4.52. The van der Waals surface area contributed by atoms with Crippen LogP contribution in [0, 0.1) is 5.92 Å². The van der Waals surface area contributed by atoms with Gasteiger partial charge in [-0.15, -0.1) is 0 Å². The molecule has 0 aromatic heterocycles. The van der Waals surface area contributed by atoms with E-state index in [4.69, 9.17) is 5.73 Å². The van der Waals surface area contributed by atoms with Crippen LogP contribution in [0.25, 0.3) is 0 Å². The van der Waals surface area contributed by atoms with Gasteiger partial charge < -0.3 is 5.73 Å². The average molecular weight is 267 g/mol. The van der Waals surface area contributed by atoms with Crippen LogP contribution in [0.4, 0.5) is 0 Å². The molecule has 2 aromatic rings. The van der Waals surface area contributed by atoms with Crippen LogP contribution in [-0.2, 0) is 12.8 Å². The summed E-state index contributed by atoms with van der Waals surface area (Å²) < 4.78 is 0. The predicted molar refractivity (Wildman–Crippen MR) is 86.7 cm³/mol. The van der Waals surface area contributed by atoms with Crippen molar-refractivity contribution >= 4 is 0 Å². The molecule has 20 heavy (non-hydrogen) atoms. The zero-order chi connectivity index (χ0) is 14.4. The summed E-state index contributed by atoms with van der Waals surface area (Å²) in [4.78, 5) is 0. The van der Waals surface area contributed by atoms with E-state index in [-0.39, 0.29) is 6.04 Å². The maximum absolute atomic E-state index is 6.29. The molecule has 1 heteroatoms. The summed E-state index contributed by atoms with van der Waals surface area (Å²) in [6.07, 6.45) is 3.17. The maximum atomic E-state index is 6.29. The van der Waals surface area contributed by atoms with Gasteiger partial charge in [-0.2, -0.15) is 0 Å². The molecular formula is C19H25N. The summed E-state index contributed by atoms with van der Waals surface area (Å²) in [5.41, 5.74) is 10.3. The molecule has 0 aliphatic heterocycles. The molecule has 0 aliphatic carbocycles. The number of nitrogens with two attached hydrogens (primary N) is 1. The first-order chi connectivity index (χ1) is 9.65. The molecule has 0 aliphatic rings. The van der Waals surface area contributed by atoms with Gasteiger partial charge in [0, 0.05) is 6.04 Å². The third-order valence-corrected chi connectivity index (χ3v) is 3.64. The molecule has 1 atom stereocenters. The Morgan fingerprint density at radius 2 is 1.50 bits per heavy atom. The van der Waals surface area contributed by atoms with E-state index in [0.717, 1.165) is 19.3 Å². The molecule has 0 heterocycles. The van der Waals surface area contributed by atoms with Crippen molar-refractivity contribution in [3.63, 3.8) is 0 Å². The van der Waals surface area contributed by atoms with Gasteiger partial charge in [0.1, 0.15) is 0 Å². The Bertz CT molecular complexity index is 499. The molecule has 0 bridgehead atoms. The molecule has 2 N–H and O–H groups in total. The van der Waals surface area contributed by atoms with Crippen molar-refractivity contribution in [2.45, 2.75) is 39.2 Å². The molecule has 2 aromatic carbocycles. The first kappa shape index (κ1) is 14.8. The summed E-state index contributed by atoms with van der Waals surface area (Å²) in [7, 11) is 0. The van der Waals surface area contributed by atoms with Crippen LogP contribution in [-0.4, -0.2) is 0 Å². The van der Waals surface area contributed by atoms with Crippen molar-refractivity contribution in [3.05, 3.63) is 71.3 Å². The van der Waals surface area contributed by atoms with Crippen molar-refractivity contribution in [2.75, 3.05) is 0 Å². The molecule has 0 saturated carbocycles. The summed E-state index contributed by atoms with van der Waals surface area (Å²) >= 11 is 0. The van der Waals surface area contributed by atoms with Crippen LogP contribution < -0.4 is 5.73 Å². The minimum atomic E-state index is 0.128. The number of benzene rings is 2. The lowest BCUT2D eigenvalue weighted by Gasteiger charge is -2.13. The maximum Gasteiger partial charge on any atom is 0.0298 e. The van der Waals surface area contributed by atoms with Crippen LogP contribution in [0.15, 0.2) is 54.6 Å². The van der Waals surface area contributed by atoms with Crippen molar-refractivity contribution in [1.29, 1.82) is 0 Å². The second kappa shape index (κ2) is 7.25. The van der Waals surface area contributed by atoms with E-state index in [9.17, 15) is 0 Å². The van der Waals surface area contributed by atoms with Gasteiger partial charge in [-0.1, -0.05) is 68.4 Å². The molecule has 1 nitrogen and oxygen atoms in total. The summed E-state index contributed by atoms with van der Waals surface area (Å²) in [5, 5.41) is 0. The zero-order valence-electron chi connectivity index (χ0n) is 12.5. The quantitative estimate of drug-likeness (QED) is 0.818. The highest BCUT2D eigenvalue weighted by molar-refractivity contribution is 5.25. The Hall–Kier alpha value is -1.60. The Kier molecular flexibility index (Phi) is 5.37. The van der Waals surface area contributed by atoms with E-state index in [2.05, 4.69) is 68.4 Å². The molecular weight excluding hydrogens is 242 g/mol. The first-order valence-corrected chi connectivity index (χ1v) is 7.53. The third-order valence-electron chi connectivity index (χ3n) is 3.64. The van der Waals surface area contributed by atoms with E-state index in [1.807, 2.05) is 0 Å². The van der Waals surface area contributed by atoms with Gasteiger partial charge >= 0.3 is 0 Å². The first-order valence-electron chi connectivity index (χ1n) is 7.53. The van der Waals surface area contributed by atoms with E-state index in [0.29, 0.717) is 5.92 Å². The lowest BCUT2D eigenvalue weighted by molar-refractivity contribution is 0.640. The van der Waals surface area contributed by atoms with Gasteiger partial charge in [0.25, 0.3) is 0 Å². The summed E-state index contributed by atoms with van der Waals surface area (Å²) in [5.74, 6) is 0.701. The van der Waals surface area contributed by atoms with Crippen LogP contribution >= 0.6 is 0 Å². The van der Waals surface area contributed by atoms with Crippen LogP contribution in [0.5, 0.6) is 0 Å². The normalized spacial score (nSPS) is 12.6. The molecule has 2 rings (SSSR count). The Labute approximate surface area is 122 Å². The highest BCUT2D eigenvalue weighted by Crippen LogP contribution is 2.18. The van der Waals surface area contributed by atoms with Crippen molar-refractivity contribution in [2.24, 2.45) is 11.7 Å². The van der Waals surface area contributed by atoms with E-state index < -0.39 is 0 Å². The number of aryl methyl sites for hydroxylation is 1. The molecule has 0 fully saturated rings. The highest BCUT2D eigenvalue weighted by atomic mass is 14.6. The van der Waals surface area contributed by atoms with E-state index in [1.54, 1.807) is 0 Å². The Morgan fingerprint density at radius 3 is 2.10 bits per heavy atom. The Morgan fingerprint density at radius 1 is 0.850 bits per heavy atom. The molecule has 0 radical (unpaired) electrons. The largest absolute Gasteiger partial charge is 0.324 e. The fourth-order valence-electron chi connectivity index (χ4n) is 2.51. The van der Waals surface area contributed by atoms with Gasteiger partial charge in [-0.25, -0.2) is 0 Å². The van der Waals surface area contributed by atoms with Crippen LogP contribution in [0.2, 0.25) is 0 Å².